The number of fused-ring (bicyclic) bond motifs is 1. The van der Waals surface area contributed by atoms with Gasteiger partial charge in [0.05, 0.1) is 0 Å². The highest BCUT2D eigenvalue weighted by Crippen LogP contribution is 2.19. The van der Waals surface area contributed by atoms with E-state index in [0.717, 1.165) is 5.56 Å². The van der Waals surface area contributed by atoms with Gasteiger partial charge >= 0.3 is 0 Å². The second kappa shape index (κ2) is 4.81. The Morgan fingerprint density at radius 3 is 2.44 bits per heavy atom. The van der Waals surface area contributed by atoms with E-state index in [2.05, 4.69) is 29.6 Å². The molecular weight excluding hydrogens is 222 g/mol. The molecule has 0 unspecified atom stereocenters. The summed E-state index contributed by atoms with van der Waals surface area (Å²) in [6.45, 7) is 6.35. The molecule has 1 N–H and O–H groups in total. The normalized spacial score (nSPS) is 11.5. The molecule has 0 saturated carbocycles. The average molecular weight is 241 g/mol. The third-order valence-electron chi connectivity index (χ3n) is 3.00. The molecule has 2 heteroatoms. The van der Waals surface area contributed by atoms with Gasteiger partial charge in [-0.15, -0.1) is 0 Å². The van der Waals surface area contributed by atoms with Gasteiger partial charge in [0.15, 0.2) is 0 Å². The summed E-state index contributed by atoms with van der Waals surface area (Å²) in [7, 11) is 0. The Kier molecular flexibility index (Phi) is 3.37. The molecule has 2 aromatic rings. The van der Waals surface area contributed by atoms with Crippen LogP contribution in [0.1, 0.15) is 26.3 Å². The van der Waals surface area contributed by atoms with Crippen molar-refractivity contribution in [1.29, 1.82) is 0 Å². The smallest absolute Gasteiger partial charge is 0.225 e. The van der Waals surface area contributed by atoms with Gasteiger partial charge < -0.3 is 5.32 Å². The van der Waals surface area contributed by atoms with Crippen LogP contribution in [0.2, 0.25) is 0 Å². The Morgan fingerprint density at radius 1 is 1.06 bits per heavy atom. The van der Waals surface area contributed by atoms with E-state index in [1.54, 1.807) is 0 Å². The first-order valence-corrected chi connectivity index (χ1v) is 6.23. The predicted molar refractivity (Wildman–Crippen MR) is 75.2 cm³/mol. The first-order chi connectivity index (χ1) is 8.48. The van der Waals surface area contributed by atoms with Crippen LogP contribution in [0.4, 0.5) is 0 Å². The summed E-state index contributed by atoms with van der Waals surface area (Å²) < 4.78 is 0. The first kappa shape index (κ1) is 12.6. The van der Waals surface area contributed by atoms with Crippen molar-refractivity contribution in [1.82, 2.24) is 5.32 Å². The van der Waals surface area contributed by atoms with Gasteiger partial charge in [0.1, 0.15) is 0 Å². The molecule has 0 aromatic heterocycles. The van der Waals surface area contributed by atoms with Crippen LogP contribution in [0, 0.1) is 5.41 Å². The monoisotopic (exact) mass is 241 g/mol. The minimum Gasteiger partial charge on any atom is -0.352 e. The lowest BCUT2D eigenvalue weighted by molar-refractivity contribution is -0.128. The summed E-state index contributed by atoms with van der Waals surface area (Å²) in [5, 5.41) is 5.40. The van der Waals surface area contributed by atoms with Crippen molar-refractivity contribution in [2.24, 2.45) is 5.41 Å². The van der Waals surface area contributed by atoms with Crippen LogP contribution >= 0.6 is 0 Å². The molecule has 0 heterocycles. The van der Waals surface area contributed by atoms with Crippen LogP contribution in [0.5, 0.6) is 0 Å². The van der Waals surface area contributed by atoms with Gasteiger partial charge in [-0.1, -0.05) is 63.2 Å². The van der Waals surface area contributed by atoms with Crippen molar-refractivity contribution in [2.75, 3.05) is 0 Å². The number of nitrogens with one attached hydrogen (secondary N) is 1. The molecule has 0 aliphatic rings. The first-order valence-electron chi connectivity index (χ1n) is 6.23. The topological polar surface area (TPSA) is 29.1 Å². The van der Waals surface area contributed by atoms with Crippen LogP contribution in [0.3, 0.4) is 0 Å². The van der Waals surface area contributed by atoms with Crippen LogP contribution < -0.4 is 5.32 Å². The Labute approximate surface area is 108 Å². The zero-order valence-electron chi connectivity index (χ0n) is 11.2. The fourth-order valence-electron chi connectivity index (χ4n) is 1.89. The van der Waals surface area contributed by atoms with Crippen molar-refractivity contribution in [2.45, 2.75) is 27.3 Å². The molecule has 1 amide bonds. The molecule has 2 nitrogen and oxygen atoms in total. The van der Waals surface area contributed by atoms with Crippen LogP contribution in [0.25, 0.3) is 10.8 Å². The molecule has 0 aliphatic carbocycles. The minimum atomic E-state index is -0.343. The maximum absolute atomic E-state index is 11.9. The number of carbonyl (C=O) groups is 1. The molecule has 0 radical (unpaired) electrons. The van der Waals surface area contributed by atoms with Crippen LogP contribution in [-0.2, 0) is 11.3 Å². The summed E-state index contributed by atoms with van der Waals surface area (Å²) in [6, 6.07) is 14.4. The number of amides is 1. The second-order valence-corrected chi connectivity index (χ2v) is 5.57. The van der Waals surface area contributed by atoms with E-state index in [1.807, 2.05) is 39.0 Å². The highest BCUT2D eigenvalue weighted by atomic mass is 16.2. The molecule has 0 bridgehead atoms. The summed E-state index contributed by atoms with van der Waals surface area (Å²) in [5.74, 6) is 0.0791. The van der Waals surface area contributed by atoms with E-state index in [4.69, 9.17) is 0 Å². The highest BCUT2D eigenvalue weighted by molar-refractivity contribution is 5.86. The minimum absolute atomic E-state index is 0.0791. The Hall–Kier alpha value is -1.83. The van der Waals surface area contributed by atoms with Gasteiger partial charge in [0, 0.05) is 12.0 Å². The molecule has 0 saturated heterocycles. The van der Waals surface area contributed by atoms with Gasteiger partial charge in [-0.25, -0.2) is 0 Å². The molecular formula is C16H19NO. The van der Waals surface area contributed by atoms with Crippen LogP contribution in [0.15, 0.2) is 42.5 Å². The van der Waals surface area contributed by atoms with Gasteiger partial charge in [-0.2, -0.15) is 0 Å². The molecule has 0 spiro atoms. The fourth-order valence-corrected chi connectivity index (χ4v) is 1.89. The largest absolute Gasteiger partial charge is 0.352 e. The zero-order chi connectivity index (χ0) is 13.2. The third-order valence-corrected chi connectivity index (χ3v) is 3.00. The van der Waals surface area contributed by atoms with Gasteiger partial charge in [-0.05, 0) is 16.3 Å². The van der Waals surface area contributed by atoms with Gasteiger partial charge in [0.25, 0.3) is 0 Å². The van der Waals surface area contributed by atoms with E-state index < -0.39 is 0 Å². The summed E-state index contributed by atoms with van der Waals surface area (Å²) in [6.07, 6.45) is 0. The number of benzene rings is 2. The summed E-state index contributed by atoms with van der Waals surface area (Å²) >= 11 is 0. The lowest BCUT2D eigenvalue weighted by atomic mass is 9.95. The molecule has 0 aliphatic heterocycles. The summed E-state index contributed by atoms with van der Waals surface area (Å²) in [4.78, 5) is 11.9. The lowest BCUT2D eigenvalue weighted by Gasteiger charge is -2.18. The quantitative estimate of drug-likeness (QED) is 0.856. The number of rotatable bonds is 2. The van der Waals surface area contributed by atoms with E-state index in [0.29, 0.717) is 6.54 Å². The zero-order valence-corrected chi connectivity index (χ0v) is 11.2. The molecule has 2 aromatic carbocycles. The second-order valence-electron chi connectivity index (χ2n) is 5.57. The molecule has 94 valence electrons. The summed E-state index contributed by atoms with van der Waals surface area (Å²) in [5.41, 5.74) is 0.815. The van der Waals surface area contributed by atoms with Gasteiger partial charge in [-0.3, -0.25) is 4.79 Å². The average Bonchev–Trinajstić information content (AvgIpc) is 2.34. The Bertz CT molecular complexity index is 561. The Morgan fingerprint density at radius 2 is 1.72 bits per heavy atom. The van der Waals surface area contributed by atoms with Crippen molar-refractivity contribution in [3.8, 4) is 0 Å². The molecule has 2 rings (SSSR count). The predicted octanol–water partition coefficient (Wildman–Crippen LogP) is 3.50. The molecule has 0 atom stereocenters. The number of hydrogen-bond donors (Lipinski definition) is 1. The molecule has 18 heavy (non-hydrogen) atoms. The van der Waals surface area contributed by atoms with E-state index in [1.165, 1.54) is 10.8 Å². The van der Waals surface area contributed by atoms with Crippen LogP contribution in [-0.4, -0.2) is 5.91 Å². The third kappa shape index (κ3) is 2.70. The van der Waals surface area contributed by atoms with Crippen molar-refractivity contribution < 1.29 is 4.79 Å². The highest BCUT2D eigenvalue weighted by Gasteiger charge is 2.20. The van der Waals surface area contributed by atoms with Crippen molar-refractivity contribution in [3.05, 3.63) is 48.0 Å². The lowest BCUT2D eigenvalue weighted by Crippen LogP contribution is -2.34. The molecule has 0 fully saturated rings. The SMILES string of the molecule is CC(C)(C)C(=O)NCc1cccc2ccccc12. The maximum atomic E-state index is 11.9. The maximum Gasteiger partial charge on any atom is 0.225 e. The fraction of sp³-hybridized carbons (Fsp3) is 0.312. The van der Waals surface area contributed by atoms with Crippen molar-refractivity contribution >= 4 is 16.7 Å². The number of carbonyl (C=O) groups excluding carboxylic acids is 1. The van der Waals surface area contributed by atoms with E-state index >= 15 is 0 Å². The number of hydrogen-bond acceptors (Lipinski definition) is 1. The Balaban J connectivity index is 2.20. The van der Waals surface area contributed by atoms with Crippen molar-refractivity contribution in [3.63, 3.8) is 0 Å². The van der Waals surface area contributed by atoms with E-state index in [-0.39, 0.29) is 11.3 Å². The van der Waals surface area contributed by atoms with Gasteiger partial charge in [0.2, 0.25) is 5.91 Å². The standard InChI is InChI=1S/C16H19NO/c1-16(2,3)15(18)17-11-13-9-6-8-12-7-4-5-10-14(12)13/h4-10H,11H2,1-3H3,(H,17,18). The van der Waals surface area contributed by atoms with E-state index in [9.17, 15) is 4.79 Å².